The molecule has 0 saturated heterocycles. The second-order valence-electron chi connectivity index (χ2n) is 4.75. The zero-order valence-electron chi connectivity index (χ0n) is 7.94. The molecule has 12 heavy (non-hydrogen) atoms. The van der Waals surface area contributed by atoms with E-state index in [-0.39, 0.29) is 16.7 Å². The number of hydrogen-bond donors (Lipinski definition) is 1. The van der Waals surface area contributed by atoms with Crippen LogP contribution >= 0.6 is 0 Å². The summed E-state index contributed by atoms with van der Waals surface area (Å²) in [5.74, 6) is -0.273. The van der Waals surface area contributed by atoms with Gasteiger partial charge in [0.2, 0.25) is 0 Å². The zero-order chi connectivity index (χ0) is 9.73. The predicted molar refractivity (Wildman–Crippen MR) is 43.1 cm³/mol. The Morgan fingerprint density at radius 3 is 1.50 bits per heavy atom. The molecule has 0 spiro atoms. The number of rotatable bonds is 2. The molecule has 1 saturated carbocycles. The van der Waals surface area contributed by atoms with E-state index in [0.717, 1.165) is 0 Å². The van der Waals surface area contributed by atoms with Crippen LogP contribution < -0.4 is 0 Å². The van der Waals surface area contributed by atoms with Crippen molar-refractivity contribution in [3.05, 3.63) is 0 Å². The highest BCUT2D eigenvalue weighted by Crippen LogP contribution is 2.70. The molecular weight excluding hydrogens is 162 g/mol. The fourth-order valence-corrected chi connectivity index (χ4v) is 2.25. The van der Waals surface area contributed by atoms with Gasteiger partial charge in [-0.15, -0.1) is 0 Å². The van der Waals surface area contributed by atoms with E-state index in [9.17, 15) is 13.9 Å². The minimum atomic E-state index is -2.61. The summed E-state index contributed by atoms with van der Waals surface area (Å²) in [7, 11) is 0. The lowest BCUT2D eigenvalue weighted by Crippen LogP contribution is -2.23. The number of alkyl halides is 2. The van der Waals surface area contributed by atoms with Gasteiger partial charge in [0, 0.05) is 5.92 Å². The largest absolute Gasteiger partial charge is 0.387 e. The summed E-state index contributed by atoms with van der Waals surface area (Å²) >= 11 is 0. The highest BCUT2D eigenvalue weighted by molar-refractivity contribution is 5.15. The maximum absolute atomic E-state index is 12.2. The topological polar surface area (TPSA) is 20.2 Å². The smallest absolute Gasteiger partial charge is 0.264 e. The lowest BCUT2D eigenvalue weighted by molar-refractivity contribution is -0.0273. The van der Waals surface area contributed by atoms with Crippen molar-refractivity contribution in [1.82, 2.24) is 0 Å². The second kappa shape index (κ2) is 2.41. The Labute approximate surface area is 71.8 Å². The second-order valence-corrected chi connectivity index (χ2v) is 4.75. The Kier molecular flexibility index (Phi) is 1.99. The van der Waals surface area contributed by atoms with E-state index >= 15 is 0 Å². The van der Waals surface area contributed by atoms with Crippen molar-refractivity contribution in [1.29, 1.82) is 0 Å². The molecular formula is C9H16F2O. The molecule has 1 aliphatic carbocycles. The molecule has 1 rings (SSSR count). The number of hydrogen-bond acceptors (Lipinski definition) is 1. The van der Waals surface area contributed by atoms with Gasteiger partial charge in [0.25, 0.3) is 6.43 Å². The number of aliphatic hydroxyl groups excluding tert-OH is 1. The van der Waals surface area contributed by atoms with E-state index in [1.54, 1.807) is 0 Å². The zero-order valence-corrected chi connectivity index (χ0v) is 7.94. The highest BCUT2D eigenvalue weighted by atomic mass is 19.3. The molecule has 0 aliphatic heterocycles. The summed E-state index contributed by atoms with van der Waals surface area (Å²) in [4.78, 5) is 0. The fraction of sp³-hybridized carbons (Fsp3) is 1.00. The van der Waals surface area contributed by atoms with E-state index in [1.807, 2.05) is 27.7 Å². The Bertz CT molecular complexity index is 173. The molecule has 1 unspecified atom stereocenters. The molecule has 0 radical (unpaired) electrons. The van der Waals surface area contributed by atoms with E-state index in [4.69, 9.17) is 0 Å². The lowest BCUT2D eigenvalue weighted by Gasteiger charge is -2.10. The number of halogens is 2. The van der Waals surface area contributed by atoms with Gasteiger partial charge in [0.05, 0.1) is 0 Å². The van der Waals surface area contributed by atoms with Crippen molar-refractivity contribution in [3.8, 4) is 0 Å². The lowest BCUT2D eigenvalue weighted by atomic mass is 10.0. The van der Waals surface area contributed by atoms with Crippen LogP contribution in [0.2, 0.25) is 0 Å². The highest BCUT2D eigenvalue weighted by Gasteiger charge is 2.68. The molecule has 0 aromatic rings. The quantitative estimate of drug-likeness (QED) is 0.687. The molecule has 0 aromatic carbocycles. The first-order valence-corrected chi connectivity index (χ1v) is 4.19. The van der Waals surface area contributed by atoms with Crippen LogP contribution in [0.25, 0.3) is 0 Å². The van der Waals surface area contributed by atoms with Crippen molar-refractivity contribution in [2.75, 3.05) is 0 Å². The normalized spacial score (nSPS) is 29.0. The van der Waals surface area contributed by atoms with E-state index in [1.165, 1.54) is 0 Å². The van der Waals surface area contributed by atoms with Gasteiger partial charge in [-0.2, -0.15) is 0 Å². The third-order valence-electron chi connectivity index (χ3n) is 3.73. The summed E-state index contributed by atoms with van der Waals surface area (Å²) in [6.45, 7) is 7.68. The van der Waals surface area contributed by atoms with Crippen LogP contribution in [-0.2, 0) is 0 Å². The van der Waals surface area contributed by atoms with Gasteiger partial charge in [-0.25, -0.2) is 8.78 Å². The molecule has 1 nitrogen and oxygen atoms in total. The summed E-state index contributed by atoms with van der Waals surface area (Å²) in [5.41, 5.74) is -0.328. The van der Waals surface area contributed by atoms with Gasteiger partial charge in [-0.05, 0) is 10.8 Å². The predicted octanol–water partition coefficient (Wildman–Crippen LogP) is 2.29. The molecule has 0 heterocycles. The summed E-state index contributed by atoms with van der Waals surface area (Å²) in [6.07, 6.45) is -4.08. The Hall–Kier alpha value is -0.180. The molecule has 1 atom stereocenters. The summed E-state index contributed by atoms with van der Waals surface area (Å²) in [6, 6.07) is 0. The molecule has 1 N–H and O–H groups in total. The number of aliphatic hydroxyl groups is 1. The van der Waals surface area contributed by atoms with Gasteiger partial charge in [-0.3, -0.25) is 0 Å². The van der Waals surface area contributed by atoms with Gasteiger partial charge in [0.15, 0.2) is 0 Å². The molecule has 1 fully saturated rings. The van der Waals surface area contributed by atoms with Crippen molar-refractivity contribution >= 4 is 0 Å². The van der Waals surface area contributed by atoms with E-state index in [2.05, 4.69) is 0 Å². The Morgan fingerprint density at radius 1 is 1.08 bits per heavy atom. The van der Waals surface area contributed by atoms with Crippen LogP contribution in [0.3, 0.4) is 0 Å². The molecule has 3 heteroatoms. The van der Waals surface area contributed by atoms with Gasteiger partial charge in [-0.1, -0.05) is 27.7 Å². The summed E-state index contributed by atoms with van der Waals surface area (Å²) < 4.78 is 24.3. The van der Waals surface area contributed by atoms with Gasteiger partial charge < -0.3 is 5.11 Å². The third-order valence-corrected chi connectivity index (χ3v) is 3.73. The third kappa shape index (κ3) is 1.06. The Balaban J connectivity index is 2.70. The average Bonchev–Trinajstić information content (AvgIpc) is 2.23. The minimum absolute atomic E-state index is 0.164. The van der Waals surface area contributed by atoms with Crippen LogP contribution in [0.5, 0.6) is 0 Å². The van der Waals surface area contributed by atoms with E-state index in [0.29, 0.717) is 0 Å². The first-order valence-electron chi connectivity index (χ1n) is 4.19. The van der Waals surface area contributed by atoms with Crippen LogP contribution in [-0.4, -0.2) is 17.6 Å². The van der Waals surface area contributed by atoms with Crippen molar-refractivity contribution in [2.45, 2.75) is 40.2 Å². The average molecular weight is 178 g/mol. The first-order chi connectivity index (χ1) is 5.23. The molecule has 1 aliphatic rings. The molecule has 0 bridgehead atoms. The summed E-state index contributed by atoms with van der Waals surface area (Å²) in [5, 5.41) is 9.19. The fourth-order valence-electron chi connectivity index (χ4n) is 2.25. The van der Waals surface area contributed by atoms with Crippen LogP contribution in [0.15, 0.2) is 0 Å². The minimum Gasteiger partial charge on any atom is -0.387 e. The van der Waals surface area contributed by atoms with Crippen LogP contribution in [0, 0.1) is 16.7 Å². The Morgan fingerprint density at radius 2 is 1.42 bits per heavy atom. The molecule has 0 aromatic heterocycles. The first kappa shape index (κ1) is 9.90. The maximum Gasteiger partial charge on any atom is 0.264 e. The van der Waals surface area contributed by atoms with Crippen molar-refractivity contribution < 1.29 is 13.9 Å². The van der Waals surface area contributed by atoms with E-state index < -0.39 is 12.5 Å². The molecule has 72 valence electrons. The van der Waals surface area contributed by atoms with Crippen LogP contribution in [0.4, 0.5) is 8.78 Å². The molecule has 0 amide bonds. The SMILES string of the molecule is CC1(C)C(C(O)C(F)F)C1(C)C. The standard InChI is InChI=1S/C9H16F2O/c1-8(2)6(9(8,3)4)5(12)7(10)11/h5-7,12H,1-4H3. The van der Waals surface area contributed by atoms with Gasteiger partial charge >= 0.3 is 0 Å². The van der Waals surface area contributed by atoms with Crippen LogP contribution in [0.1, 0.15) is 27.7 Å². The van der Waals surface area contributed by atoms with Gasteiger partial charge in [0.1, 0.15) is 6.10 Å². The van der Waals surface area contributed by atoms with Crippen molar-refractivity contribution in [2.24, 2.45) is 16.7 Å². The maximum atomic E-state index is 12.2. The monoisotopic (exact) mass is 178 g/mol. The van der Waals surface area contributed by atoms with Crippen molar-refractivity contribution in [3.63, 3.8) is 0 Å².